The lowest BCUT2D eigenvalue weighted by atomic mass is 10.2. The summed E-state index contributed by atoms with van der Waals surface area (Å²) in [6.07, 6.45) is 2.14. The number of amides is 1. The van der Waals surface area contributed by atoms with Crippen LogP contribution in [0.2, 0.25) is 0 Å². The van der Waals surface area contributed by atoms with Crippen LogP contribution in [0, 0.1) is 0 Å². The molecular formula is C24H20N4O5S. The maximum atomic E-state index is 12.8. The lowest BCUT2D eigenvalue weighted by Crippen LogP contribution is -2.15. The van der Waals surface area contributed by atoms with Gasteiger partial charge in [0.1, 0.15) is 5.69 Å². The van der Waals surface area contributed by atoms with Crippen LogP contribution < -0.4 is 19.5 Å². The van der Waals surface area contributed by atoms with Crippen LogP contribution in [0.15, 0.2) is 77.8 Å². The minimum Gasteiger partial charge on any atom is -0.490 e. The number of nitrogens with zero attached hydrogens (tertiary/aromatic N) is 2. The molecule has 0 unspecified atom stereocenters. The van der Waals surface area contributed by atoms with Gasteiger partial charge in [-0.05, 0) is 48.5 Å². The summed E-state index contributed by atoms with van der Waals surface area (Å²) >= 11 is 0. The number of para-hydroxylation sites is 2. The highest BCUT2D eigenvalue weighted by Crippen LogP contribution is 2.32. The van der Waals surface area contributed by atoms with Crippen LogP contribution in [0.1, 0.15) is 16.9 Å². The van der Waals surface area contributed by atoms with Gasteiger partial charge in [-0.3, -0.25) is 14.5 Å². The summed E-state index contributed by atoms with van der Waals surface area (Å²) in [4.78, 5) is 21.2. The van der Waals surface area contributed by atoms with Gasteiger partial charge in [0.15, 0.2) is 11.5 Å². The van der Waals surface area contributed by atoms with Gasteiger partial charge in [0.05, 0.1) is 35.3 Å². The molecule has 0 radical (unpaired) electrons. The molecule has 172 valence electrons. The van der Waals surface area contributed by atoms with Gasteiger partial charge in [-0.25, -0.2) is 13.4 Å². The maximum Gasteiger partial charge on any atom is 0.275 e. The number of sulfonamides is 1. The van der Waals surface area contributed by atoms with E-state index in [9.17, 15) is 13.2 Å². The van der Waals surface area contributed by atoms with Gasteiger partial charge >= 0.3 is 0 Å². The molecule has 0 aliphatic carbocycles. The van der Waals surface area contributed by atoms with Gasteiger partial charge in [0, 0.05) is 23.9 Å². The summed E-state index contributed by atoms with van der Waals surface area (Å²) in [7, 11) is -3.85. The molecule has 2 N–H and O–H groups in total. The molecule has 0 saturated carbocycles. The van der Waals surface area contributed by atoms with E-state index in [1.807, 2.05) is 18.2 Å². The van der Waals surface area contributed by atoms with E-state index in [2.05, 4.69) is 20.0 Å². The minimum absolute atomic E-state index is 0.0593. The molecule has 10 heteroatoms. The van der Waals surface area contributed by atoms with Crippen molar-refractivity contribution in [2.75, 3.05) is 23.3 Å². The highest BCUT2D eigenvalue weighted by molar-refractivity contribution is 7.92. The zero-order valence-corrected chi connectivity index (χ0v) is 18.7. The largest absolute Gasteiger partial charge is 0.490 e. The predicted molar refractivity (Wildman–Crippen MR) is 127 cm³/mol. The number of ether oxygens (including phenoxy) is 2. The van der Waals surface area contributed by atoms with Crippen LogP contribution in [0.5, 0.6) is 11.5 Å². The van der Waals surface area contributed by atoms with Crippen LogP contribution >= 0.6 is 0 Å². The molecule has 9 nitrogen and oxygen atoms in total. The molecule has 0 fully saturated rings. The molecule has 0 spiro atoms. The molecule has 1 aliphatic heterocycles. The van der Waals surface area contributed by atoms with Gasteiger partial charge in [0.25, 0.3) is 15.9 Å². The Hall–Kier alpha value is -4.18. The molecule has 1 aliphatic rings. The Morgan fingerprint density at radius 1 is 0.853 bits per heavy atom. The Morgan fingerprint density at radius 2 is 1.56 bits per heavy atom. The highest BCUT2D eigenvalue weighted by Gasteiger charge is 2.19. The number of anilines is 2. The maximum absolute atomic E-state index is 12.8. The number of carbonyl (C=O) groups excluding carboxylic acids is 1. The molecule has 5 rings (SSSR count). The second-order valence-corrected chi connectivity index (χ2v) is 9.22. The number of fused-ring (bicyclic) bond motifs is 2. The number of benzene rings is 3. The van der Waals surface area contributed by atoms with Crippen molar-refractivity contribution < 1.29 is 22.7 Å². The summed E-state index contributed by atoms with van der Waals surface area (Å²) in [6.45, 7) is 0.982. The highest BCUT2D eigenvalue weighted by atomic mass is 32.2. The Kier molecular flexibility index (Phi) is 5.72. The van der Waals surface area contributed by atoms with Crippen LogP contribution in [0.3, 0.4) is 0 Å². The van der Waals surface area contributed by atoms with E-state index in [4.69, 9.17) is 9.47 Å². The molecule has 4 aromatic rings. The van der Waals surface area contributed by atoms with Gasteiger partial charge in [-0.1, -0.05) is 12.1 Å². The Bertz CT molecular complexity index is 1470. The molecular weight excluding hydrogens is 456 g/mol. The minimum atomic E-state index is -3.85. The third-order valence-electron chi connectivity index (χ3n) is 5.11. The Labute approximate surface area is 195 Å². The fourth-order valence-electron chi connectivity index (χ4n) is 3.41. The summed E-state index contributed by atoms with van der Waals surface area (Å²) in [5.41, 5.74) is 2.32. The Morgan fingerprint density at radius 3 is 2.35 bits per heavy atom. The third-order valence-corrected chi connectivity index (χ3v) is 6.48. The van der Waals surface area contributed by atoms with E-state index in [-0.39, 0.29) is 10.6 Å². The first-order valence-corrected chi connectivity index (χ1v) is 12.0. The molecule has 3 aromatic carbocycles. The van der Waals surface area contributed by atoms with Crippen molar-refractivity contribution in [3.63, 3.8) is 0 Å². The zero-order valence-electron chi connectivity index (χ0n) is 17.9. The van der Waals surface area contributed by atoms with E-state index in [0.29, 0.717) is 47.1 Å². The van der Waals surface area contributed by atoms with Gasteiger partial charge in [-0.15, -0.1) is 0 Å². The fraction of sp³-hybridized carbons (Fsp3) is 0.125. The van der Waals surface area contributed by atoms with Crippen LogP contribution in [0.4, 0.5) is 11.4 Å². The second kappa shape index (κ2) is 8.99. The van der Waals surface area contributed by atoms with Crippen LogP contribution in [0.25, 0.3) is 11.0 Å². The number of rotatable bonds is 5. The normalized spacial score (nSPS) is 13.2. The zero-order chi connectivity index (χ0) is 23.5. The number of aromatic nitrogens is 2. The van der Waals surface area contributed by atoms with Crippen molar-refractivity contribution >= 4 is 38.3 Å². The van der Waals surface area contributed by atoms with Crippen molar-refractivity contribution in [3.8, 4) is 11.5 Å². The average Bonchev–Trinajstić information content (AvgIpc) is 3.10. The predicted octanol–water partition coefficient (Wildman–Crippen LogP) is 3.84. The van der Waals surface area contributed by atoms with Crippen molar-refractivity contribution in [1.29, 1.82) is 0 Å². The topological polar surface area (TPSA) is 120 Å². The van der Waals surface area contributed by atoms with Crippen LogP contribution in [-0.2, 0) is 10.0 Å². The van der Waals surface area contributed by atoms with E-state index >= 15 is 0 Å². The first kappa shape index (κ1) is 21.7. The summed E-state index contributed by atoms with van der Waals surface area (Å²) in [5, 5.41) is 2.74. The third kappa shape index (κ3) is 4.62. The summed E-state index contributed by atoms with van der Waals surface area (Å²) in [6, 6.07) is 18.1. The van der Waals surface area contributed by atoms with Crippen molar-refractivity contribution in [2.45, 2.75) is 11.3 Å². The molecule has 34 heavy (non-hydrogen) atoms. The van der Waals surface area contributed by atoms with Crippen molar-refractivity contribution in [3.05, 3.63) is 78.6 Å². The fourth-order valence-corrected chi connectivity index (χ4v) is 4.48. The van der Waals surface area contributed by atoms with E-state index in [0.717, 1.165) is 6.42 Å². The van der Waals surface area contributed by atoms with Gasteiger partial charge in [-0.2, -0.15) is 0 Å². The molecule has 1 amide bonds. The van der Waals surface area contributed by atoms with E-state index < -0.39 is 15.9 Å². The smallest absolute Gasteiger partial charge is 0.275 e. The molecule has 0 saturated heterocycles. The average molecular weight is 477 g/mol. The van der Waals surface area contributed by atoms with E-state index in [1.54, 1.807) is 36.4 Å². The van der Waals surface area contributed by atoms with Crippen molar-refractivity contribution in [1.82, 2.24) is 9.97 Å². The lowest BCUT2D eigenvalue weighted by molar-refractivity contribution is 0.102. The number of carbonyl (C=O) groups is 1. The first-order chi connectivity index (χ1) is 16.5. The molecule has 0 atom stereocenters. The quantitative estimate of drug-likeness (QED) is 0.449. The van der Waals surface area contributed by atoms with Crippen LogP contribution in [-0.4, -0.2) is 37.5 Å². The van der Waals surface area contributed by atoms with Crippen molar-refractivity contribution in [2.24, 2.45) is 0 Å². The first-order valence-electron chi connectivity index (χ1n) is 10.5. The van der Waals surface area contributed by atoms with Gasteiger partial charge in [0.2, 0.25) is 0 Å². The molecule has 1 aromatic heterocycles. The number of hydrogen-bond acceptors (Lipinski definition) is 7. The summed E-state index contributed by atoms with van der Waals surface area (Å²) < 4.78 is 39.3. The lowest BCUT2D eigenvalue weighted by Gasteiger charge is -2.12. The van der Waals surface area contributed by atoms with E-state index in [1.165, 1.54) is 18.3 Å². The SMILES string of the molecule is O=C(Nc1ccc(NS(=O)(=O)c2ccc3c(c2)OCCCO3)cc1)c1cnc2ccccc2n1. The number of hydrogen-bond donors (Lipinski definition) is 2. The molecule has 2 heterocycles. The second-order valence-electron chi connectivity index (χ2n) is 7.54. The Balaban J connectivity index is 1.28. The molecule has 0 bridgehead atoms. The summed E-state index contributed by atoms with van der Waals surface area (Å²) in [5.74, 6) is 0.502. The monoisotopic (exact) mass is 476 g/mol. The number of nitrogens with one attached hydrogen (secondary N) is 2. The standard InChI is InChI=1S/C24H20N4O5S/c29-24(21-15-25-19-4-1-2-5-20(19)27-21)26-16-6-8-17(9-7-16)28-34(30,31)18-10-11-22-23(14-18)33-13-3-12-32-22/h1-2,4-11,14-15,28H,3,12-13H2,(H,26,29). The van der Waals surface area contributed by atoms with Gasteiger partial charge < -0.3 is 14.8 Å².